The van der Waals surface area contributed by atoms with Crippen molar-refractivity contribution in [1.82, 2.24) is 0 Å². The van der Waals surface area contributed by atoms with Crippen molar-refractivity contribution in [2.45, 2.75) is 38.2 Å². The van der Waals surface area contributed by atoms with Gasteiger partial charge in [-0.3, -0.25) is 4.79 Å². The summed E-state index contributed by atoms with van der Waals surface area (Å²) in [7, 11) is 0. The molecule has 0 amide bonds. The summed E-state index contributed by atoms with van der Waals surface area (Å²) in [5.41, 5.74) is 1.07. The highest BCUT2D eigenvalue weighted by molar-refractivity contribution is 6.30. The largest absolute Gasteiger partial charge is 0.478 e. The molecule has 0 saturated heterocycles. The van der Waals surface area contributed by atoms with Gasteiger partial charge in [0.25, 0.3) is 0 Å². The quantitative estimate of drug-likeness (QED) is 0.726. The first kappa shape index (κ1) is 18.5. The molecule has 136 valence electrons. The number of rotatable bonds is 6. The van der Waals surface area contributed by atoms with Crippen LogP contribution in [0.5, 0.6) is 5.75 Å². The summed E-state index contributed by atoms with van der Waals surface area (Å²) >= 11 is 5.85. The molecule has 0 bridgehead atoms. The van der Waals surface area contributed by atoms with E-state index in [0.29, 0.717) is 21.9 Å². The number of halogens is 1. The Kier molecular flexibility index (Phi) is 5.94. The molecule has 1 unspecified atom stereocenters. The van der Waals surface area contributed by atoms with Crippen LogP contribution in [0.1, 0.15) is 48.0 Å². The lowest BCUT2D eigenvalue weighted by atomic mass is 9.85. The third kappa shape index (κ3) is 4.44. The molecule has 1 fully saturated rings. The van der Waals surface area contributed by atoms with Crippen molar-refractivity contribution in [3.8, 4) is 5.75 Å². The van der Waals surface area contributed by atoms with Crippen LogP contribution in [0, 0.1) is 5.92 Å². The van der Waals surface area contributed by atoms with Crippen LogP contribution in [-0.4, -0.2) is 23.0 Å². The maximum Gasteiger partial charge on any atom is 0.345 e. The number of ketones is 1. The van der Waals surface area contributed by atoms with Crippen LogP contribution in [0.25, 0.3) is 0 Å². The van der Waals surface area contributed by atoms with Gasteiger partial charge in [-0.15, -0.1) is 0 Å². The van der Waals surface area contributed by atoms with Crippen molar-refractivity contribution in [2.75, 3.05) is 0 Å². The van der Waals surface area contributed by atoms with E-state index < -0.39 is 12.1 Å². The van der Waals surface area contributed by atoms with Gasteiger partial charge in [0.1, 0.15) is 5.75 Å². The first-order valence-corrected chi connectivity index (χ1v) is 9.22. The van der Waals surface area contributed by atoms with Crippen molar-refractivity contribution >= 4 is 23.4 Å². The molecule has 26 heavy (non-hydrogen) atoms. The fourth-order valence-electron chi connectivity index (χ4n) is 3.38. The van der Waals surface area contributed by atoms with Gasteiger partial charge in [-0.05, 0) is 61.4 Å². The van der Waals surface area contributed by atoms with Crippen LogP contribution in [0.15, 0.2) is 48.5 Å². The van der Waals surface area contributed by atoms with Gasteiger partial charge in [-0.2, -0.15) is 0 Å². The highest BCUT2D eigenvalue weighted by Crippen LogP contribution is 2.29. The molecule has 3 rings (SSSR count). The average molecular weight is 373 g/mol. The Morgan fingerprint density at radius 3 is 2.00 bits per heavy atom. The molecule has 0 heterocycles. The maximum atomic E-state index is 12.5. The summed E-state index contributed by atoms with van der Waals surface area (Å²) in [5, 5.41) is 10.1. The zero-order chi connectivity index (χ0) is 18.5. The van der Waals surface area contributed by atoms with Gasteiger partial charge in [-0.1, -0.05) is 30.9 Å². The second-order valence-electron chi connectivity index (χ2n) is 6.64. The van der Waals surface area contributed by atoms with Crippen LogP contribution in [0.4, 0.5) is 0 Å². The normalized spacial score (nSPS) is 16.0. The molecule has 1 aliphatic rings. The van der Waals surface area contributed by atoms with Crippen LogP contribution in [-0.2, 0) is 4.79 Å². The van der Waals surface area contributed by atoms with Gasteiger partial charge in [-0.25, -0.2) is 4.79 Å². The minimum absolute atomic E-state index is 0.0385. The van der Waals surface area contributed by atoms with Gasteiger partial charge in [0.2, 0.25) is 0 Å². The first-order chi connectivity index (χ1) is 12.5. The van der Waals surface area contributed by atoms with Gasteiger partial charge in [0.15, 0.2) is 11.9 Å². The molecule has 0 aliphatic heterocycles. The zero-order valence-corrected chi connectivity index (χ0v) is 15.1. The third-order valence-electron chi connectivity index (χ3n) is 4.81. The van der Waals surface area contributed by atoms with E-state index in [1.165, 1.54) is 0 Å². The number of carboxylic acid groups (broad SMARTS) is 1. The second kappa shape index (κ2) is 8.37. The van der Waals surface area contributed by atoms with E-state index in [1.54, 1.807) is 48.5 Å². The van der Waals surface area contributed by atoms with Crippen molar-refractivity contribution < 1.29 is 19.4 Å². The van der Waals surface area contributed by atoms with E-state index >= 15 is 0 Å². The summed E-state index contributed by atoms with van der Waals surface area (Å²) in [6.45, 7) is 0. The fourth-order valence-corrected chi connectivity index (χ4v) is 3.51. The minimum atomic E-state index is -0.932. The number of hydrogen-bond acceptors (Lipinski definition) is 3. The summed E-state index contributed by atoms with van der Waals surface area (Å²) in [5.74, 6) is -0.541. The van der Waals surface area contributed by atoms with Gasteiger partial charge < -0.3 is 9.84 Å². The Labute approximate surface area is 157 Å². The zero-order valence-electron chi connectivity index (χ0n) is 14.4. The average Bonchev–Trinajstić information content (AvgIpc) is 2.67. The summed E-state index contributed by atoms with van der Waals surface area (Å²) in [6, 6.07) is 13.3. The van der Waals surface area contributed by atoms with E-state index in [-0.39, 0.29) is 11.7 Å². The topological polar surface area (TPSA) is 63.6 Å². The SMILES string of the molecule is O=C(c1ccc(Cl)cc1)c1ccc(OC(C(=O)O)C2CCCCC2)cc1. The smallest absolute Gasteiger partial charge is 0.345 e. The molecule has 1 aliphatic carbocycles. The predicted octanol–water partition coefficient (Wildman–Crippen LogP) is 4.98. The van der Waals surface area contributed by atoms with Crippen LogP contribution in [0.3, 0.4) is 0 Å². The molecular weight excluding hydrogens is 352 g/mol. The number of aliphatic carboxylic acids is 1. The Hall–Kier alpha value is -2.33. The molecule has 1 N–H and O–H groups in total. The minimum Gasteiger partial charge on any atom is -0.478 e. The van der Waals surface area contributed by atoms with Gasteiger partial charge in [0.05, 0.1) is 0 Å². The molecule has 1 saturated carbocycles. The Balaban J connectivity index is 1.70. The molecular formula is C21H21ClO4. The van der Waals surface area contributed by atoms with E-state index in [4.69, 9.17) is 16.3 Å². The van der Waals surface area contributed by atoms with E-state index in [0.717, 1.165) is 32.1 Å². The second-order valence-corrected chi connectivity index (χ2v) is 7.07. The predicted molar refractivity (Wildman–Crippen MR) is 100.0 cm³/mol. The Bertz CT molecular complexity index is 762. The van der Waals surface area contributed by atoms with E-state index in [1.807, 2.05) is 0 Å². The summed E-state index contributed by atoms with van der Waals surface area (Å²) < 4.78 is 5.74. The van der Waals surface area contributed by atoms with E-state index in [9.17, 15) is 14.7 Å². The molecule has 0 spiro atoms. The number of hydrogen-bond donors (Lipinski definition) is 1. The summed E-state index contributed by atoms with van der Waals surface area (Å²) in [4.78, 5) is 24.1. The van der Waals surface area contributed by atoms with E-state index in [2.05, 4.69) is 0 Å². The molecule has 2 aromatic rings. The highest BCUT2D eigenvalue weighted by atomic mass is 35.5. The number of benzene rings is 2. The van der Waals surface area contributed by atoms with Crippen LogP contribution in [0.2, 0.25) is 5.02 Å². The lowest BCUT2D eigenvalue weighted by Crippen LogP contribution is -2.36. The molecule has 2 aromatic carbocycles. The van der Waals surface area contributed by atoms with Crippen molar-refractivity contribution in [2.24, 2.45) is 5.92 Å². The standard InChI is InChI=1S/C21H21ClO4/c22-17-10-6-14(7-11-17)19(23)15-8-12-18(13-9-15)26-20(21(24)25)16-4-2-1-3-5-16/h6-13,16,20H,1-5H2,(H,24,25). The third-order valence-corrected chi connectivity index (χ3v) is 5.06. The van der Waals surface area contributed by atoms with Crippen molar-refractivity contribution in [3.05, 3.63) is 64.7 Å². The number of ether oxygens (including phenoxy) is 1. The van der Waals surface area contributed by atoms with Gasteiger partial charge in [0, 0.05) is 22.1 Å². The monoisotopic (exact) mass is 372 g/mol. The number of carboxylic acids is 1. The Morgan fingerprint density at radius 1 is 0.923 bits per heavy atom. The fraction of sp³-hybridized carbons (Fsp3) is 0.333. The molecule has 1 atom stereocenters. The summed E-state index contributed by atoms with van der Waals surface area (Å²) in [6.07, 6.45) is 4.17. The van der Waals surface area contributed by atoms with Crippen LogP contribution >= 0.6 is 11.6 Å². The van der Waals surface area contributed by atoms with Crippen molar-refractivity contribution in [1.29, 1.82) is 0 Å². The number of carbonyl (C=O) groups excluding carboxylic acids is 1. The first-order valence-electron chi connectivity index (χ1n) is 8.84. The molecule has 5 heteroatoms. The maximum absolute atomic E-state index is 12.5. The van der Waals surface area contributed by atoms with Crippen LogP contribution < -0.4 is 4.74 Å². The Morgan fingerprint density at radius 2 is 1.46 bits per heavy atom. The number of carbonyl (C=O) groups is 2. The molecule has 0 radical (unpaired) electrons. The van der Waals surface area contributed by atoms with Gasteiger partial charge >= 0.3 is 5.97 Å². The van der Waals surface area contributed by atoms with Crippen molar-refractivity contribution in [3.63, 3.8) is 0 Å². The highest BCUT2D eigenvalue weighted by Gasteiger charge is 2.31. The molecule has 0 aromatic heterocycles. The lowest BCUT2D eigenvalue weighted by molar-refractivity contribution is -0.148. The lowest BCUT2D eigenvalue weighted by Gasteiger charge is -2.27. The molecule has 4 nitrogen and oxygen atoms in total.